The average molecular weight is 375 g/mol. The van der Waals surface area contributed by atoms with Gasteiger partial charge in [-0.05, 0) is 30.7 Å². The number of benzene rings is 2. The second-order valence-corrected chi connectivity index (χ2v) is 6.83. The molecule has 0 radical (unpaired) electrons. The van der Waals surface area contributed by atoms with Gasteiger partial charge in [0.05, 0.1) is 28.5 Å². The molecule has 2 heterocycles. The molecule has 0 fully saturated rings. The summed E-state index contributed by atoms with van der Waals surface area (Å²) in [6, 6.07) is 15.0. The number of imidazole rings is 1. The van der Waals surface area contributed by atoms with Gasteiger partial charge in [-0.15, -0.1) is 0 Å². The lowest BCUT2D eigenvalue weighted by molar-refractivity contribution is -0.130. The topological polar surface area (TPSA) is 94.7 Å². The highest BCUT2D eigenvalue weighted by atomic mass is 16.2. The van der Waals surface area contributed by atoms with Crippen LogP contribution in [-0.4, -0.2) is 37.8 Å². The first-order chi connectivity index (χ1) is 13.6. The minimum absolute atomic E-state index is 0.0311. The predicted octanol–water partition coefficient (Wildman–Crippen LogP) is 2.78. The molecule has 2 N–H and O–H groups in total. The second-order valence-electron chi connectivity index (χ2n) is 6.83. The third-order valence-electron chi connectivity index (χ3n) is 4.72. The number of aryl methyl sites for hydroxylation is 1. The average Bonchev–Trinajstić information content (AvgIpc) is 3.10. The van der Waals surface area contributed by atoms with E-state index in [1.54, 1.807) is 18.0 Å². The first-order valence-corrected chi connectivity index (χ1v) is 9.26. The van der Waals surface area contributed by atoms with Crippen LogP contribution < -0.4 is 5.56 Å². The fourth-order valence-electron chi connectivity index (χ4n) is 3.24. The molecule has 0 bridgehead atoms. The summed E-state index contributed by atoms with van der Waals surface area (Å²) in [6.45, 7) is 0.429. The minimum Gasteiger partial charge on any atom is -0.340 e. The highest BCUT2D eigenvalue weighted by molar-refractivity contribution is 5.78. The van der Waals surface area contributed by atoms with Gasteiger partial charge in [0, 0.05) is 19.9 Å². The first kappa shape index (κ1) is 17.9. The first-order valence-electron chi connectivity index (χ1n) is 9.26. The van der Waals surface area contributed by atoms with Crippen molar-refractivity contribution in [2.75, 3.05) is 7.05 Å². The predicted molar refractivity (Wildman–Crippen MR) is 108 cm³/mol. The van der Waals surface area contributed by atoms with Crippen LogP contribution in [0.4, 0.5) is 0 Å². The summed E-state index contributed by atoms with van der Waals surface area (Å²) < 4.78 is 0. The van der Waals surface area contributed by atoms with Gasteiger partial charge >= 0.3 is 0 Å². The van der Waals surface area contributed by atoms with Crippen LogP contribution in [0.1, 0.15) is 24.5 Å². The number of amides is 1. The molecule has 4 aromatic rings. The van der Waals surface area contributed by atoms with E-state index in [1.165, 1.54) is 0 Å². The van der Waals surface area contributed by atoms with Gasteiger partial charge in [-0.1, -0.05) is 24.3 Å². The Balaban J connectivity index is 1.34. The van der Waals surface area contributed by atoms with Crippen molar-refractivity contribution in [3.63, 3.8) is 0 Å². The Morgan fingerprint density at radius 1 is 0.964 bits per heavy atom. The number of aromatic amines is 2. The highest BCUT2D eigenvalue weighted by Crippen LogP contribution is 2.12. The fraction of sp³-hybridized carbons (Fsp3) is 0.238. The Bertz CT molecular complexity index is 1160. The minimum atomic E-state index is -0.145. The normalized spacial score (nSPS) is 11.2. The number of hydrogen-bond donors (Lipinski definition) is 2. The van der Waals surface area contributed by atoms with Crippen LogP contribution >= 0.6 is 0 Å². The molecular weight excluding hydrogens is 354 g/mol. The third-order valence-corrected chi connectivity index (χ3v) is 4.72. The van der Waals surface area contributed by atoms with Crippen molar-refractivity contribution in [1.82, 2.24) is 24.8 Å². The van der Waals surface area contributed by atoms with Crippen molar-refractivity contribution in [2.45, 2.75) is 25.8 Å². The molecule has 2 aromatic heterocycles. The molecule has 28 heavy (non-hydrogen) atoms. The van der Waals surface area contributed by atoms with E-state index in [1.807, 2.05) is 42.5 Å². The number of carbonyl (C=O) groups excluding carboxylic acids is 1. The van der Waals surface area contributed by atoms with Crippen LogP contribution in [0.2, 0.25) is 0 Å². The van der Waals surface area contributed by atoms with E-state index < -0.39 is 0 Å². The molecule has 0 saturated carbocycles. The summed E-state index contributed by atoms with van der Waals surface area (Å²) in [5.74, 6) is 1.40. The number of carbonyl (C=O) groups is 1. The maximum atomic E-state index is 12.4. The monoisotopic (exact) mass is 375 g/mol. The fourth-order valence-corrected chi connectivity index (χ4v) is 3.24. The van der Waals surface area contributed by atoms with E-state index in [-0.39, 0.29) is 11.5 Å². The van der Waals surface area contributed by atoms with Gasteiger partial charge in [-0.3, -0.25) is 9.59 Å². The smallest absolute Gasteiger partial charge is 0.258 e. The summed E-state index contributed by atoms with van der Waals surface area (Å²) in [5, 5.41) is 0.577. The Hall–Kier alpha value is -3.48. The van der Waals surface area contributed by atoms with E-state index in [0.717, 1.165) is 16.9 Å². The van der Waals surface area contributed by atoms with Gasteiger partial charge in [0.2, 0.25) is 5.91 Å². The van der Waals surface area contributed by atoms with E-state index >= 15 is 0 Å². The Labute approximate surface area is 161 Å². The highest BCUT2D eigenvalue weighted by Gasteiger charge is 2.12. The Morgan fingerprint density at radius 2 is 1.68 bits per heavy atom. The standard InChI is InChI=1S/C21H21N5O2/c1-26(13-19-23-16-9-4-5-10-17(16)24-19)20(27)12-6-11-18-22-15-8-3-2-7-14(15)21(28)25-18/h2-5,7-10H,6,11-13H2,1H3,(H,23,24)(H,22,25,28). The maximum Gasteiger partial charge on any atom is 0.258 e. The van der Waals surface area contributed by atoms with Gasteiger partial charge in [0.1, 0.15) is 11.6 Å². The summed E-state index contributed by atoms with van der Waals surface area (Å²) in [5.41, 5.74) is 2.39. The number of H-pyrrole nitrogens is 2. The Morgan fingerprint density at radius 3 is 2.50 bits per heavy atom. The molecule has 2 aromatic carbocycles. The van der Waals surface area contributed by atoms with Gasteiger partial charge in [0.25, 0.3) is 5.56 Å². The molecule has 7 heteroatoms. The Kier molecular flexibility index (Phi) is 4.89. The number of rotatable bonds is 6. The van der Waals surface area contributed by atoms with Crippen molar-refractivity contribution in [2.24, 2.45) is 0 Å². The summed E-state index contributed by atoms with van der Waals surface area (Å²) in [4.78, 5) is 41.2. The molecule has 0 atom stereocenters. The SMILES string of the molecule is CN(Cc1nc2ccccc2[nH]1)C(=O)CCCc1nc2ccccc2c(=O)[nH]1. The van der Waals surface area contributed by atoms with Crippen molar-refractivity contribution in [1.29, 1.82) is 0 Å². The van der Waals surface area contributed by atoms with Gasteiger partial charge in [0.15, 0.2) is 0 Å². The van der Waals surface area contributed by atoms with E-state index in [9.17, 15) is 9.59 Å². The van der Waals surface area contributed by atoms with Crippen LogP contribution in [0.25, 0.3) is 21.9 Å². The number of nitrogens with one attached hydrogen (secondary N) is 2. The molecular formula is C21H21N5O2. The van der Waals surface area contributed by atoms with Crippen LogP contribution in [-0.2, 0) is 17.8 Å². The van der Waals surface area contributed by atoms with E-state index in [2.05, 4.69) is 19.9 Å². The number of para-hydroxylation sites is 3. The van der Waals surface area contributed by atoms with Crippen molar-refractivity contribution in [3.8, 4) is 0 Å². The van der Waals surface area contributed by atoms with E-state index in [0.29, 0.717) is 42.5 Å². The summed E-state index contributed by atoms with van der Waals surface area (Å²) in [7, 11) is 1.77. The number of fused-ring (bicyclic) bond motifs is 2. The van der Waals surface area contributed by atoms with Crippen molar-refractivity contribution < 1.29 is 4.79 Å². The largest absolute Gasteiger partial charge is 0.340 e. The zero-order chi connectivity index (χ0) is 19.5. The van der Waals surface area contributed by atoms with Crippen LogP contribution in [0.3, 0.4) is 0 Å². The second kappa shape index (κ2) is 7.64. The van der Waals surface area contributed by atoms with Crippen molar-refractivity contribution in [3.05, 3.63) is 70.5 Å². The lowest BCUT2D eigenvalue weighted by atomic mass is 10.2. The molecule has 4 rings (SSSR count). The molecule has 0 unspecified atom stereocenters. The van der Waals surface area contributed by atoms with Gasteiger partial charge in [-0.2, -0.15) is 0 Å². The zero-order valence-corrected chi connectivity index (χ0v) is 15.6. The molecule has 0 saturated heterocycles. The maximum absolute atomic E-state index is 12.4. The number of aromatic nitrogens is 4. The summed E-state index contributed by atoms with van der Waals surface area (Å²) >= 11 is 0. The number of hydrogen-bond acceptors (Lipinski definition) is 4. The van der Waals surface area contributed by atoms with Gasteiger partial charge < -0.3 is 14.9 Å². The van der Waals surface area contributed by atoms with Crippen LogP contribution in [0.5, 0.6) is 0 Å². The molecule has 0 aliphatic heterocycles. The van der Waals surface area contributed by atoms with Crippen molar-refractivity contribution >= 4 is 27.8 Å². The molecule has 0 aliphatic rings. The molecule has 0 spiro atoms. The lowest BCUT2D eigenvalue weighted by Crippen LogP contribution is -2.26. The molecule has 7 nitrogen and oxygen atoms in total. The molecule has 142 valence electrons. The number of nitrogens with zero attached hydrogens (tertiary/aromatic N) is 3. The quantitative estimate of drug-likeness (QED) is 0.542. The summed E-state index contributed by atoms with van der Waals surface area (Å²) in [6.07, 6.45) is 1.54. The van der Waals surface area contributed by atoms with Crippen LogP contribution in [0, 0.1) is 0 Å². The van der Waals surface area contributed by atoms with Crippen LogP contribution in [0.15, 0.2) is 53.3 Å². The molecule has 0 aliphatic carbocycles. The molecule has 1 amide bonds. The third kappa shape index (κ3) is 3.78. The zero-order valence-electron chi connectivity index (χ0n) is 15.6. The van der Waals surface area contributed by atoms with Gasteiger partial charge in [-0.25, -0.2) is 9.97 Å². The van der Waals surface area contributed by atoms with E-state index in [4.69, 9.17) is 0 Å². The lowest BCUT2D eigenvalue weighted by Gasteiger charge is -2.15.